The molecule has 1 fully saturated rings. The van der Waals surface area contributed by atoms with Crippen molar-refractivity contribution in [1.29, 1.82) is 0 Å². The minimum absolute atomic E-state index is 0.00259. The average Bonchev–Trinajstić information content (AvgIpc) is 3.38. The first-order valence-corrected chi connectivity index (χ1v) is 9.24. The summed E-state index contributed by atoms with van der Waals surface area (Å²) < 4.78 is 11.3. The number of H-pyrrole nitrogens is 1. The molecular formula is C20H25N3O3. The predicted molar refractivity (Wildman–Crippen MR) is 97.1 cm³/mol. The number of amides is 1. The summed E-state index contributed by atoms with van der Waals surface area (Å²) in [6.07, 6.45) is 2.83. The molecule has 1 aliphatic carbocycles. The summed E-state index contributed by atoms with van der Waals surface area (Å²) in [5, 5.41) is 7.40. The van der Waals surface area contributed by atoms with E-state index < -0.39 is 0 Å². The van der Waals surface area contributed by atoms with Crippen LogP contribution < -0.4 is 4.74 Å². The molecule has 2 heterocycles. The third-order valence-corrected chi connectivity index (χ3v) is 5.22. The van der Waals surface area contributed by atoms with Crippen molar-refractivity contribution in [2.24, 2.45) is 0 Å². The number of ether oxygens (including phenoxy) is 2. The summed E-state index contributed by atoms with van der Waals surface area (Å²) in [4.78, 5) is 15.3. The van der Waals surface area contributed by atoms with Gasteiger partial charge in [-0.25, -0.2) is 0 Å². The number of aromatic amines is 1. The fourth-order valence-electron chi connectivity index (χ4n) is 3.76. The number of fused-ring (bicyclic) bond motifs is 1. The topological polar surface area (TPSA) is 67.5 Å². The number of carbonyl (C=O) groups excluding carboxylic acids is 1. The third kappa shape index (κ3) is 3.09. The highest BCUT2D eigenvalue weighted by Crippen LogP contribution is 2.34. The number of hydrogen-bond donors (Lipinski definition) is 1. The number of methoxy groups -OCH3 is 1. The van der Waals surface area contributed by atoms with E-state index in [0.717, 1.165) is 35.4 Å². The van der Waals surface area contributed by atoms with Crippen LogP contribution in [0.3, 0.4) is 0 Å². The van der Waals surface area contributed by atoms with E-state index >= 15 is 0 Å². The second-order valence-electron chi connectivity index (χ2n) is 7.23. The van der Waals surface area contributed by atoms with Gasteiger partial charge in [-0.1, -0.05) is 18.2 Å². The van der Waals surface area contributed by atoms with E-state index in [2.05, 4.69) is 10.2 Å². The zero-order valence-corrected chi connectivity index (χ0v) is 15.5. The number of aromatic nitrogens is 2. The monoisotopic (exact) mass is 355 g/mol. The fourth-order valence-corrected chi connectivity index (χ4v) is 3.76. The van der Waals surface area contributed by atoms with E-state index in [0.29, 0.717) is 18.7 Å². The molecule has 138 valence electrons. The lowest BCUT2D eigenvalue weighted by atomic mass is 9.99. The summed E-state index contributed by atoms with van der Waals surface area (Å²) in [6, 6.07) is 8.15. The number of benzene rings is 1. The predicted octanol–water partition coefficient (Wildman–Crippen LogP) is 3.25. The molecule has 26 heavy (non-hydrogen) atoms. The summed E-state index contributed by atoms with van der Waals surface area (Å²) >= 11 is 0. The summed E-state index contributed by atoms with van der Waals surface area (Å²) in [5.74, 6) is 0.808. The van der Waals surface area contributed by atoms with Gasteiger partial charge in [0.05, 0.1) is 25.0 Å². The molecule has 0 radical (unpaired) electrons. The standard InChI is InChI=1S/C20H25N3O3/c1-12-10-16-18(13(2)26-12)21-22-19(16)20(24)23(15-8-9-15)11-14-6-4-5-7-17(14)25-3/h4-7,12-13,15H,8-11H2,1-3H3,(H,21,22)/t12-,13+/m0/s1. The number of nitrogens with zero attached hydrogens (tertiary/aromatic N) is 2. The molecule has 0 spiro atoms. The maximum absolute atomic E-state index is 13.3. The minimum Gasteiger partial charge on any atom is -0.496 e. The van der Waals surface area contributed by atoms with E-state index in [1.165, 1.54) is 0 Å². The maximum atomic E-state index is 13.3. The van der Waals surface area contributed by atoms with Crippen LogP contribution in [0.2, 0.25) is 0 Å². The van der Waals surface area contributed by atoms with Crippen molar-refractivity contribution in [2.45, 2.75) is 57.9 Å². The molecule has 0 saturated heterocycles. The fraction of sp³-hybridized carbons (Fsp3) is 0.500. The molecule has 0 bridgehead atoms. The lowest BCUT2D eigenvalue weighted by Crippen LogP contribution is -2.34. The Balaban J connectivity index is 1.63. The van der Waals surface area contributed by atoms with Crippen molar-refractivity contribution < 1.29 is 14.3 Å². The van der Waals surface area contributed by atoms with Gasteiger partial charge in [0.2, 0.25) is 0 Å². The Hall–Kier alpha value is -2.34. The molecule has 2 atom stereocenters. The van der Waals surface area contributed by atoms with Crippen molar-refractivity contribution in [3.8, 4) is 5.75 Å². The maximum Gasteiger partial charge on any atom is 0.275 e. The quantitative estimate of drug-likeness (QED) is 0.894. The van der Waals surface area contributed by atoms with Gasteiger partial charge in [0.25, 0.3) is 5.91 Å². The Morgan fingerprint density at radius 3 is 2.85 bits per heavy atom. The molecule has 1 aromatic heterocycles. The Morgan fingerprint density at radius 1 is 1.35 bits per heavy atom. The molecule has 0 unspecified atom stereocenters. The second-order valence-corrected chi connectivity index (χ2v) is 7.23. The molecule has 6 heteroatoms. The number of para-hydroxylation sites is 1. The van der Waals surface area contributed by atoms with Crippen LogP contribution in [0, 0.1) is 0 Å². The van der Waals surface area contributed by atoms with Crippen molar-refractivity contribution in [3.63, 3.8) is 0 Å². The van der Waals surface area contributed by atoms with Gasteiger partial charge in [0.15, 0.2) is 5.69 Å². The molecule has 1 saturated carbocycles. The number of nitrogens with one attached hydrogen (secondary N) is 1. The largest absolute Gasteiger partial charge is 0.496 e. The molecule has 1 N–H and O–H groups in total. The Morgan fingerprint density at radius 2 is 2.12 bits per heavy atom. The molecule has 1 aliphatic heterocycles. The van der Waals surface area contributed by atoms with Crippen LogP contribution in [-0.2, 0) is 17.7 Å². The lowest BCUT2D eigenvalue weighted by Gasteiger charge is -2.27. The molecule has 1 amide bonds. The van der Waals surface area contributed by atoms with E-state index in [1.807, 2.05) is 43.0 Å². The number of carbonyl (C=O) groups is 1. The van der Waals surface area contributed by atoms with Gasteiger partial charge in [-0.05, 0) is 32.8 Å². The van der Waals surface area contributed by atoms with Crippen molar-refractivity contribution in [1.82, 2.24) is 15.1 Å². The van der Waals surface area contributed by atoms with Crippen LogP contribution >= 0.6 is 0 Å². The zero-order valence-electron chi connectivity index (χ0n) is 15.5. The Bertz CT molecular complexity index is 812. The smallest absolute Gasteiger partial charge is 0.275 e. The van der Waals surface area contributed by atoms with Crippen LogP contribution in [0.5, 0.6) is 5.75 Å². The van der Waals surface area contributed by atoms with E-state index in [9.17, 15) is 4.79 Å². The first kappa shape index (κ1) is 17.1. The second kappa shape index (κ2) is 6.76. The normalized spacial score (nSPS) is 22.0. The first-order valence-electron chi connectivity index (χ1n) is 9.24. The number of hydrogen-bond acceptors (Lipinski definition) is 4. The van der Waals surface area contributed by atoms with Crippen LogP contribution in [0.15, 0.2) is 24.3 Å². The van der Waals surface area contributed by atoms with E-state index in [-0.39, 0.29) is 24.2 Å². The van der Waals surface area contributed by atoms with Crippen LogP contribution in [-0.4, -0.2) is 40.3 Å². The van der Waals surface area contributed by atoms with Gasteiger partial charge in [-0.2, -0.15) is 5.10 Å². The zero-order chi connectivity index (χ0) is 18.3. The summed E-state index contributed by atoms with van der Waals surface area (Å²) in [6.45, 7) is 4.57. The lowest BCUT2D eigenvalue weighted by molar-refractivity contribution is -0.00702. The summed E-state index contributed by atoms with van der Waals surface area (Å²) in [5.41, 5.74) is 3.50. The van der Waals surface area contributed by atoms with E-state index in [1.54, 1.807) is 7.11 Å². The molecule has 2 aliphatic rings. The van der Waals surface area contributed by atoms with Crippen molar-refractivity contribution in [3.05, 3.63) is 46.8 Å². The van der Waals surface area contributed by atoms with Gasteiger partial charge in [0, 0.05) is 30.1 Å². The summed E-state index contributed by atoms with van der Waals surface area (Å²) in [7, 11) is 1.66. The highest BCUT2D eigenvalue weighted by Gasteiger charge is 2.37. The third-order valence-electron chi connectivity index (χ3n) is 5.22. The van der Waals surface area contributed by atoms with Gasteiger partial charge in [-0.15, -0.1) is 0 Å². The van der Waals surface area contributed by atoms with Crippen LogP contribution in [0.25, 0.3) is 0 Å². The Labute approximate surface area is 153 Å². The first-order chi connectivity index (χ1) is 12.6. The molecule has 4 rings (SSSR count). The molecule has 1 aromatic carbocycles. The van der Waals surface area contributed by atoms with Crippen LogP contribution in [0.4, 0.5) is 0 Å². The van der Waals surface area contributed by atoms with Gasteiger partial charge < -0.3 is 14.4 Å². The highest BCUT2D eigenvalue weighted by atomic mass is 16.5. The van der Waals surface area contributed by atoms with Gasteiger partial charge >= 0.3 is 0 Å². The van der Waals surface area contributed by atoms with Gasteiger partial charge in [-0.3, -0.25) is 9.89 Å². The SMILES string of the molecule is COc1ccccc1CN(C(=O)c1n[nH]c2c1C[C@H](C)O[C@@H]2C)C1CC1. The Kier molecular flexibility index (Phi) is 4.44. The highest BCUT2D eigenvalue weighted by molar-refractivity contribution is 5.94. The molecule has 6 nitrogen and oxygen atoms in total. The minimum atomic E-state index is -0.0635. The molecule has 2 aromatic rings. The average molecular weight is 355 g/mol. The number of rotatable bonds is 5. The van der Waals surface area contributed by atoms with Crippen molar-refractivity contribution >= 4 is 5.91 Å². The molecular weight excluding hydrogens is 330 g/mol. The van der Waals surface area contributed by atoms with E-state index in [4.69, 9.17) is 9.47 Å². The van der Waals surface area contributed by atoms with Crippen LogP contribution in [0.1, 0.15) is 60.1 Å². The van der Waals surface area contributed by atoms with Crippen molar-refractivity contribution in [2.75, 3.05) is 7.11 Å². The van der Waals surface area contributed by atoms with Gasteiger partial charge in [0.1, 0.15) is 5.75 Å².